The summed E-state index contributed by atoms with van der Waals surface area (Å²) in [4.78, 5) is 0. The molecule has 2 rings (SSSR count). The van der Waals surface area contributed by atoms with Crippen molar-refractivity contribution in [3.63, 3.8) is 0 Å². The molecule has 22 heavy (non-hydrogen) atoms. The fourth-order valence-corrected chi connectivity index (χ4v) is 2.51. The molecule has 3 nitrogen and oxygen atoms in total. The monoisotopic (exact) mass is 298 g/mol. The Hall–Kier alpha value is -2.16. The predicted octanol–water partition coefficient (Wildman–Crippen LogP) is 4.48. The van der Waals surface area contributed by atoms with E-state index >= 15 is 0 Å². The van der Waals surface area contributed by atoms with Crippen LogP contribution >= 0.6 is 0 Å². The number of ether oxygens (including phenoxy) is 1. The Morgan fingerprint density at radius 1 is 0.909 bits per heavy atom. The predicted molar refractivity (Wildman–Crippen MR) is 95.1 cm³/mol. The van der Waals surface area contributed by atoms with Crippen LogP contribution in [-0.2, 0) is 6.42 Å². The second-order valence-corrected chi connectivity index (χ2v) is 5.27. The zero-order chi connectivity index (χ0) is 15.8. The number of hydrogen-bond donors (Lipinski definition) is 2. The first-order chi connectivity index (χ1) is 10.7. The molecule has 0 aromatic heterocycles. The maximum absolute atomic E-state index is 5.44. The molecule has 0 saturated heterocycles. The molecule has 2 N–H and O–H groups in total. The molecule has 0 aliphatic carbocycles. The van der Waals surface area contributed by atoms with Crippen molar-refractivity contribution in [2.24, 2.45) is 0 Å². The van der Waals surface area contributed by atoms with Crippen LogP contribution in [-0.4, -0.2) is 19.7 Å². The van der Waals surface area contributed by atoms with E-state index in [0.717, 1.165) is 30.9 Å². The van der Waals surface area contributed by atoms with Gasteiger partial charge in [0.2, 0.25) is 0 Å². The number of aryl methyl sites for hydroxylation is 2. The molecule has 0 unspecified atom stereocenters. The highest BCUT2D eigenvalue weighted by Gasteiger charge is 2.02. The minimum Gasteiger partial charge on any atom is -0.494 e. The van der Waals surface area contributed by atoms with Crippen molar-refractivity contribution in [1.82, 2.24) is 0 Å². The van der Waals surface area contributed by atoms with Gasteiger partial charge in [0, 0.05) is 24.5 Å². The molecule has 0 atom stereocenters. The van der Waals surface area contributed by atoms with Gasteiger partial charge in [0.15, 0.2) is 0 Å². The van der Waals surface area contributed by atoms with Crippen molar-refractivity contribution >= 4 is 11.4 Å². The summed E-state index contributed by atoms with van der Waals surface area (Å²) >= 11 is 0. The van der Waals surface area contributed by atoms with Gasteiger partial charge in [-0.25, -0.2) is 0 Å². The number of hydrogen-bond acceptors (Lipinski definition) is 3. The molecular weight excluding hydrogens is 272 g/mol. The van der Waals surface area contributed by atoms with E-state index in [9.17, 15) is 0 Å². The van der Waals surface area contributed by atoms with Gasteiger partial charge in [-0.2, -0.15) is 0 Å². The van der Waals surface area contributed by atoms with Gasteiger partial charge in [-0.3, -0.25) is 0 Å². The molecule has 3 heteroatoms. The van der Waals surface area contributed by atoms with Crippen LogP contribution in [0.3, 0.4) is 0 Å². The zero-order valence-electron chi connectivity index (χ0n) is 13.8. The number of benzene rings is 2. The van der Waals surface area contributed by atoms with E-state index in [4.69, 9.17) is 4.74 Å². The minimum atomic E-state index is 0.701. The minimum absolute atomic E-state index is 0.701. The zero-order valence-corrected chi connectivity index (χ0v) is 13.8. The summed E-state index contributed by atoms with van der Waals surface area (Å²) in [6, 6.07) is 14.6. The summed E-state index contributed by atoms with van der Waals surface area (Å²) < 4.78 is 5.44. The van der Waals surface area contributed by atoms with E-state index in [1.165, 1.54) is 16.8 Å². The first kappa shape index (κ1) is 16.2. The third kappa shape index (κ3) is 4.42. The Morgan fingerprint density at radius 2 is 1.64 bits per heavy atom. The highest BCUT2D eigenvalue weighted by atomic mass is 16.5. The largest absolute Gasteiger partial charge is 0.494 e. The maximum Gasteiger partial charge on any atom is 0.119 e. The van der Waals surface area contributed by atoms with Gasteiger partial charge < -0.3 is 15.4 Å². The Labute approximate surface area is 133 Å². The molecule has 0 amide bonds. The quantitative estimate of drug-likeness (QED) is 0.705. The SMILES string of the molecule is CCOc1ccc(NCCNc2c(C)cccc2CC)cc1. The lowest BCUT2D eigenvalue weighted by Gasteiger charge is -2.15. The van der Waals surface area contributed by atoms with Crippen molar-refractivity contribution < 1.29 is 4.74 Å². The average molecular weight is 298 g/mol. The summed E-state index contributed by atoms with van der Waals surface area (Å²) in [6.45, 7) is 8.82. The molecule has 0 saturated carbocycles. The average Bonchev–Trinajstić information content (AvgIpc) is 2.54. The fourth-order valence-electron chi connectivity index (χ4n) is 2.51. The molecule has 0 fully saturated rings. The standard InChI is InChI=1S/C19H26N2O/c1-4-16-8-6-7-15(3)19(16)21-14-13-20-17-9-11-18(12-10-17)22-5-2/h6-12,20-21H,4-5,13-14H2,1-3H3. The van der Waals surface area contributed by atoms with Crippen molar-refractivity contribution in [3.8, 4) is 5.75 Å². The van der Waals surface area contributed by atoms with Crippen molar-refractivity contribution in [2.45, 2.75) is 27.2 Å². The van der Waals surface area contributed by atoms with E-state index in [2.05, 4.69) is 54.8 Å². The summed E-state index contributed by atoms with van der Waals surface area (Å²) in [5.41, 5.74) is 5.07. The Balaban J connectivity index is 1.82. The van der Waals surface area contributed by atoms with Gasteiger partial charge in [0.1, 0.15) is 5.75 Å². The van der Waals surface area contributed by atoms with Crippen LogP contribution in [0.25, 0.3) is 0 Å². The van der Waals surface area contributed by atoms with Crippen LogP contribution in [0.2, 0.25) is 0 Å². The van der Waals surface area contributed by atoms with Gasteiger partial charge in [-0.15, -0.1) is 0 Å². The Bertz CT molecular complexity index is 578. The first-order valence-corrected chi connectivity index (χ1v) is 8.03. The van der Waals surface area contributed by atoms with Gasteiger partial charge in [0.05, 0.1) is 6.61 Å². The van der Waals surface area contributed by atoms with Crippen LogP contribution in [0.1, 0.15) is 25.0 Å². The third-order valence-electron chi connectivity index (χ3n) is 3.66. The smallest absolute Gasteiger partial charge is 0.119 e. The lowest BCUT2D eigenvalue weighted by molar-refractivity contribution is 0.340. The van der Waals surface area contributed by atoms with Crippen LogP contribution in [0.5, 0.6) is 5.75 Å². The maximum atomic E-state index is 5.44. The van der Waals surface area contributed by atoms with E-state index in [0.29, 0.717) is 6.61 Å². The van der Waals surface area contributed by atoms with E-state index in [1.807, 2.05) is 19.1 Å². The molecule has 0 bridgehead atoms. The van der Waals surface area contributed by atoms with Gasteiger partial charge >= 0.3 is 0 Å². The van der Waals surface area contributed by atoms with Crippen molar-refractivity contribution in [2.75, 3.05) is 30.3 Å². The molecule has 118 valence electrons. The number of rotatable bonds is 8. The fraction of sp³-hybridized carbons (Fsp3) is 0.368. The molecule has 0 aliphatic heterocycles. The molecule has 0 radical (unpaired) electrons. The van der Waals surface area contributed by atoms with E-state index in [1.54, 1.807) is 0 Å². The number of nitrogens with one attached hydrogen (secondary N) is 2. The Morgan fingerprint density at radius 3 is 2.32 bits per heavy atom. The molecule has 0 heterocycles. The highest BCUT2D eigenvalue weighted by molar-refractivity contribution is 5.57. The van der Waals surface area contributed by atoms with Gasteiger partial charge in [-0.05, 0) is 55.7 Å². The number of anilines is 2. The lowest BCUT2D eigenvalue weighted by Crippen LogP contribution is -2.15. The second kappa shape index (κ2) is 8.32. The molecule has 2 aromatic carbocycles. The van der Waals surface area contributed by atoms with E-state index in [-0.39, 0.29) is 0 Å². The van der Waals surface area contributed by atoms with Gasteiger partial charge in [0.25, 0.3) is 0 Å². The molecule has 2 aromatic rings. The first-order valence-electron chi connectivity index (χ1n) is 8.03. The Kier molecular flexibility index (Phi) is 6.13. The van der Waals surface area contributed by atoms with Crippen LogP contribution < -0.4 is 15.4 Å². The van der Waals surface area contributed by atoms with Crippen molar-refractivity contribution in [3.05, 3.63) is 53.6 Å². The van der Waals surface area contributed by atoms with Crippen LogP contribution in [0, 0.1) is 6.92 Å². The second-order valence-electron chi connectivity index (χ2n) is 5.27. The molecule has 0 spiro atoms. The lowest BCUT2D eigenvalue weighted by atomic mass is 10.1. The summed E-state index contributed by atoms with van der Waals surface area (Å²) in [6.07, 6.45) is 1.05. The van der Waals surface area contributed by atoms with E-state index < -0.39 is 0 Å². The summed E-state index contributed by atoms with van der Waals surface area (Å²) in [7, 11) is 0. The van der Waals surface area contributed by atoms with Crippen LogP contribution in [0.4, 0.5) is 11.4 Å². The highest BCUT2D eigenvalue weighted by Crippen LogP contribution is 2.20. The van der Waals surface area contributed by atoms with Crippen LogP contribution in [0.15, 0.2) is 42.5 Å². The normalized spacial score (nSPS) is 10.3. The summed E-state index contributed by atoms with van der Waals surface area (Å²) in [5, 5.41) is 6.97. The number of para-hydroxylation sites is 1. The molecular formula is C19H26N2O. The van der Waals surface area contributed by atoms with Gasteiger partial charge in [-0.1, -0.05) is 25.1 Å². The third-order valence-corrected chi connectivity index (χ3v) is 3.66. The van der Waals surface area contributed by atoms with Crippen molar-refractivity contribution in [1.29, 1.82) is 0 Å². The topological polar surface area (TPSA) is 33.3 Å². The molecule has 0 aliphatic rings. The summed E-state index contributed by atoms with van der Waals surface area (Å²) in [5.74, 6) is 0.915.